The lowest BCUT2D eigenvalue weighted by Crippen LogP contribution is -2.38. The lowest BCUT2D eigenvalue weighted by molar-refractivity contribution is 0.196. The summed E-state index contributed by atoms with van der Waals surface area (Å²) in [6.07, 6.45) is 3.10. The first-order valence-electron chi connectivity index (χ1n) is 8.40. The summed E-state index contributed by atoms with van der Waals surface area (Å²) in [5.74, 6) is 0. The van der Waals surface area contributed by atoms with E-state index in [-0.39, 0.29) is 10.8 Å². The van der Waals surface area contributed by atoms with E-state index in [0.29, 0.717) is 13.2 Å². The molecule has 4 nitrogen and oxygen atoms in total. The lowest BCUT2D eigenvalue weighted by atomic mass is 9.63. The molecule has 2 N–H and O–H groups in total. The Morgan fingerprint density at radius 1 is 1.17 bits per heavy atom. The standard InChI is InChI=1S/C19H30N2O2/c1-18(2)9-10-19(3,4)16-13-14(7-8-15(16)18)21(17(20)22)11-6-12-23-5/h7-8,13H,6,9-12H2,1-5H3,(H2,20,22). The van der Waals surface area contributed by atoms with Gasteiger partial charge in [0.05, 0.1) is 0 Å². The lowest BCUT2D eigenvalue weighted by Gasteiger charge is -2.42. The summed E-state index contributed by atoms with van der Waals surface area (Å²) < 4.78 is 5.08. The average molecular weight is 318 g/mol. The number of urea groups is 1. The summed E-state index contributed by atoms with van der Waals surface area (Å²) >= 11 is 0. The highest BCUT2D eigenvalue weighted by Gasteiger charge is 2.37. The smallest absolute Gasteiger partial charge is 0.319 e. The van der Waals surface area contributed by atoms with Gasteiger partial charge in [-0.15, -0.1) is 0 Å². The molecule has 0 heterocycles. The van der Waals surface area contributed by atoms with Gasteiger partial charge in [-0.3, -0.25) is 4.90 Å². The van der Waals surface area contributed by atoms with Crippen LogP contribution in [0.3, 0.4) is 0 Å². The third-order valence-corrected chi connectivity index (χ3v) is 5.14. The first-order valence-corrected chi connectivity index (χ1v) is 8.40. The largest absolute Gasteiger partial charge is 0.385 e. The van der Waals surface area contributed by atoms with E-state index in [1.165, 1.54) is 17.5 Å². The van der Waals surface area contributed by atoms with Gasteiger partial charge in [0.2, 0.25) is 0 Å². The van der Waals surface area contributed by atoms with E-state index >= 15 is 0 Å². The highest BCUT2D eigenvalue weighted by Crippen LogP contribution is 2.46. The van der Waals surface area contributed by atoms with Gasteiger partial charge in [0, 0.05) is 25.9 Å². The SMILES string of the molecule is COCCCN(C(N)=O)c1ccc2c(c1)C(C)(C)CCC2(C)C. The molecular weight excluding hydrogens is 288 g/mol. The monoisotopic (exact) mass is 318 g/mol. The first-order chi connectivity index (χ1) is 10.7. The molecular formula is C19H30N2O2. The minimum absolute atomic E-state index is 0.122. The van der Waals surface area contributed by atoms with Crippen LogP contribution in [-0.2, 0) is 15.6 Å². The van der Waals surface area contributed by atoms with Crippen molar-refractivity contribution < 1.29 is 9.53 Å². The topological polar surface area (TPSA) is 55.6 Å². The van der Waals surface area contributed by atoms with Gasteiger partial charge in [-0.1, -0.05) is 33.8 Å². The number of amides is 2. The number of fused-ring (bicyclic) bond motifs is 1. The number of carbonyl (C=O) groups excluding carboxylic acids is 1. The van der Waals surface area contributed by atoms with Crippen molar-refractivity contribution in [3.63, 3.8) is 0 Å². The van der Waals surface area contributed by atoms with Crippen LogP contribution < -0.4 is 10.6 Å². The van der Waals surface area contributed by atoms with Crippen LogP contribution in [-0.4, -0.2) is 26.3 Å². The van der Waals surface area contributed by atoms with Crippen LogP contribution >= 0.6 is 0 Å². The summed E-state index contributed by atoms with van der Waals surface area (Å²) in [6.45, 7) is 10.4. The van der Waals surface area contributed by atoms with E-state index in [1.54, 1.807) is 12.0 Å². The molecule has 1 aromatic carbocycles. The zero-order chi connectivity index (χ0) is 17.3. The maximum Gasteiger partial charge on any atom is 0.319 e. The Labute approximate surface area is 140 Å². The van der Waals surface area contributed by atoms with Gasteiger partial charge < -0.3 is 10.5 Å². The molecule has 23 heavy (non-hydrogen) atoms. The highest BCUT2D eigenvalue weighted by atomic mass is 16.5. The molecule has 0 bridgehead atoms. The predicted molar refractivity (Wildman–Crippen MR) is 95.2 cm³/mol. The van der Waals surface area contributed by atoms with Crippen LogP contribution in [0.2, 0.25) is 0 Å². The van der Waals surface area contributed by atoms with Crippen molar-refractivity contribution in [3.8, 4) is 0 Å². The van der Waals surface area contributed by atoms with Gasteiger partial charge in [0.1, 0.15) is 0 Å². The number of primary amides is 1. The third-order valence-electron chi connectivity index (χ3n) is 5.14. The van der Waals surface area contributed by atoms with Gasteiger partial charge >= 0.3 is 6.03 Å². The number of carbonyl (C=O) groups is 1. The summed E-state index contributed by atoms with van der Waals surface area (Å²) in [4.78, 5) is 13.5. The zero-order valence-corrected chi connectivity index (χ0v) is 15.1. The molecule has 0 saturated heterocycles. The number of anilines is 1. The number of hydrogen-bond donors (Lipinski definition) is 1. The molecule has 4 heteroatoms. The molecule has 0 saturated carbocycles. The third kappa shape index (κ3) is 3.69. The molecule has 1 aliphatic rings. The van der Waals surface area contributed by atoms with Crippen molar-refractivity contribution in [2.75, 3.05) is 25.2 Å². The summed E-state index contributed by atoms with van der Waals surface area (Å²) in [5, 5.41) is 0. The second-order valence-corrected chi connectivity index (χ2v) is 7.83. The number of methoxy groups -OCH3 is 1. The van der Waals surface area contributed by atoms with Crippen LogP contribution in [0.4, 0.5) is 10.5 Å². The first kappa shape index (κ1) is 17.8. The number of ether oxygens (including phenoxy) is 1. The number of nitrogens with two attached hydrogens (primary N) is 1. The van der Waals surface area contributed by atoms with Crippen molar-refractivity contribution >= 4 is 11.7 Å². The van der Waals surface area contributed by atoms with E-state index < -0.39 is 6.03 Å². The molecule has 0 unspecified atom stereocenters. The van der Waals surface area contributed by atoms with Crippen molar-refractivity contribution in [2.24, 2.45) is 5.73 Å². The van der Waals surface area contributed by atoms with Gasteiger partial charge in [0.25, 0.3) is 0 Å². The van der Waals surface area contributed by atoms with Crippen LogP contribution in [0.1, 0.15) is 58.1 Å². The molecule has 0 radical (unpaired) electrons. The molecule has 0 fully saturated rings. The zero-order valence-electron chi connectivity index (χ0n) is 15.1. The fraction of sp³-hybridized carbons (Fsp3) is 0.632. The molecule has 0 aliphatic heterocycles. The van der Waals surface area contributed by atoms with Crippen molar-refractivity contribution in [1.82, 2.24) is 0 Å². The maximum absolute atomic E-state index is 11.9. The normalized spacial score (nSPS) is 18.3. The second kappa shape index (κ2) is 6.52. The quantitative estimate of drug-likeness (QED) is 0.836. The summed E-state index contributed by atoms with van der Waals surface area (Å²) in [6, 6.07) is 5.96. The number of rotatable bonds is 5. The molecule has 0 atom stereocenters. The number of hydrogen-bond acceptors (Lipinski definition) is 2. The van der Waals surface area contributed by atoms with Crippen LogP contribution in [0, 0.1) is 0 Å². The van der Waals surface area contributed by atoms with Crippen molar-refractivity contribution in [3.05, 3.63) is 29.3 Å². The Morgan fingerprint density at radius 3 is 2.35 bits per heavy atom. The van der Waals surface area contributed by atoms with Gasteiger partial charge in [0.15, 0.2) is 0 Å². The number of benzene rings is 1. The van der Waals surface area contributed by atoms with Crippen molar-refractivity contribution in [1.29, 1.82) is 0 Å². The van der Waals surface area contributed by atoms with E-state index in [0.717, 1.165) is 18.5 Å². The summed E-state index contributed by atoms with van der Waals surface area (Å²) in [5.41, 5.74) is 9.51. The number of nitrogens with zero attached hydrogens (tertiary/aromatic N) is 1. The van der Waals surface area contributed by atoms with Crippen LogP contribution in [0.15, 0.2) is 18.2 Å². The van der Waals surface area contributed by atoms with Crippen molar-refractivity contribution in [2.45, 2.75) is 57.8 Å². The van der Waals surface area contributed by atoms with E-state index in [2.05, 4.69) is 39.8 Å². The molecule has 128 valence electrons. The fourth-order valence-electron chi connectivity index (χ4n) is 3.48. The maximum atomic E-state index is 11.9. The van der Waals surface area contributed by atoms with E-state index in [4.69, 9.17) is 10.5 Å². The fourth-order valence-corrected chi connectivity index (χ4v) is 3.48. The Hall–Kier alpha value is -1.55. The Bertz CT molecular complexity index is 579. The minimum atomic E-state index is -0.408. The van der Waals surface area contributed by atoms with Crippen LogP contribution in [0.5, 0.6) is 0 Å². The predicted octanol–water partition coefficient (Wildman–Crippen LogP) is 3.96. The molecule has 0 aromatic heterocycles. The molecule has 1 aliphatic carbocycles. The molecule has 2 amide bonds. The minimum Gasteiger partial charge on any atom is -0.385 e. The molecule has 0 spiro atoms. The highest BCUT2D eigenvalue weighted by molar-refractivity contribution is 5.90. The van der Waals surface area contributed by atoms with Gasteiger partial charge in [-0.25, -0.2) is 4.79 Å². The van der Waals surface area contributed by atoms with Gasteiger partial charge in [-0.2, -0.15) is 0 Å². The summed E-state index contributed by atoms with van der Waals surface area (Å²) in [7, 11) is 1.66. The Morgan fingerprint density at radius 2 is 1.78 bits per heavy atom. The van der Waals surface area contributed by atoms with E-state index in [1.807, 2.05) is 6.07 Å². The molecule has 1 aromatic rings. The Kier molecular flexibility index (Phi) is 5.04. The Balaban J connectivity index is 2.39. The second-order valence-electron chi connectivity index (χ2n) is 7.83. The average Bonchev–Trinajstić information content (AvgIpc) is 2.48. The van der Waals surface area contributed by atoms with Crippen LogP contribution in [0.25, 0.3) is 0 Å². The van der Waals surface area contributed by atoms with Gasteiger partial charge in [-0.05, 0) is 53.4 Å². The molecule has 2 rings (SSSR count). The van der Waals surface area contributed by atoms with E-state index in [9.17, 15) is 4.79 Å².